The van der Waals surface area contributed by atoms with E-state index in [0.29, 0.717) is 43.6 Å². The minimum absolute atomic E-state index is 0.0203. The van der Waals surface area contributed by atoms with Crippen LogP contribution in [0.3, 0.4) is 0 Å². The summed E-state index contributed by atoms with van der Waals surface area (Å²) in [4.78, 5) is 31.6. The second kappa shape index (κ2) is 12.0. The summed E-state index contributed by atoms with van der Waals surface area (Å²) in [6.45, 7) is 3.44. The molecule has 192 valence electrons. The van der Waals surface area contributed by atoms with Crippen molar-refractivity contribution in [2.75, 3.05) is 20.2 Å². The first-order valence-electron chi connectivity index (χ1n) is 12.6. The Bertz CT molecular complexity index is 1110. The van der Waals surface area contributed by atoms with Gasteiger partial charge in [0, 0.05) is 18.0 Å². The average molecular weight is 495 g/mol. The first-order valence-corrected chi connectivity index (χ1v) is 12.6. The quantitative estimate of drug-likeness (QED) is 0.367. The molecule has 0 bridgehead atoms. The van der Waals surface area contributed by atoms with Crippen LogP contribution >= 0.6 is 0 Å². The maximum absolute atomic E-state index is 12.5. The average Bonchev–Trinajstić information content (AvgIpc) is 3.30. The number of carbonyl (C=O) groups excluding carboxylic acids is 1. The van der Waals surface area contributed by atoms with Gasteiger partial charge in [-0.05, 0) is 45.7 Å². The van der Waals surface area contributed by atoms with E-state index in [-0.39, 0.29) is 40.9 Å². The molecule has 1 aliphatic heterocycles. The second-order valence-corrected chi connectivity index (χ2v) is 9.39. The first-order chi connectivity index (χ1) is 17.5. The molecular formula is C26H34N6O4. The summed E-state index contributed by atoms with van der Waals surface area (Å²) in [5.41, 5.74) is 0.352. The molecule has 2 fully saturated rings. The highest BCUT2D eigenvalue weighted by molar-refractivity contribution is 6.09. The topological polar surface area (TPSA) is 134 Å². The van der Waals surface area contributed by atoms with Crippen molar-refractivity contribution in [3.63, 3.8) is 0 Å². The van der Waals surface area contributed by atoms with Crippen molar-refractivity contribution in [2.24, 2.45) is 5.92 Å². The molecule has 0 amide bonds. The lowest BCUT2D eigenvalue weighted by atomic mass is 9.83. The Labute approximate surface area is 211 Å². The highest BCUT2D eigenvalue weighted by Gasteiger charge is 2.30. The molecule has 2 N–H and O–H groups in total. The molecule has 0 unspecified atom stereocenters. The van der Waals surface area contributed by atoms with E-state index in [1.165, 1.54) is 18.7 Å². The number of carbonyl (C=O) groups is 1. The van der Waals surface area contributed by atoms with Crippen molar-refractivity contribution < 1.29 is 19.4 Å². The fraction of sp³-hybridized carbons (Fsp3) is 0.538. The van der Waals surface area contributed by atoms with Gasteiger partial charge in [0.2, 0.25) is 11.8 Å². The monoisotopic (exact) mass is 494 g/mol. The van der Waals surface area contributed by atoms with Gasteiger partial charge in [-0.1, -0.05) is 19.8 Å². The van der Waals surface area contributed by atoms with Crippen LogP contribution in [-0.2, 0) is 4.79 Å². The number of nitrogens with one attached hydrogen (secondary N) is 1. The molecule has 0 spiro atoms. The number of rotatable bonds is 10. The van der Waals surface area contributed by atoms with Crippen LogP contribution in [0.5, 0.6) is 17.5 Å². The number of aliphatic hydroxyl groups is 1. The Morgan fingerprint density at radius 2 is 1.94 bits per heavy atom. The summed E-state index contributed by atoms with van der Waals surface area (Å²) in [5, 5.41) is 20.0. The Kier molecular flexibility index (Phi) is 8.58. The molecule has 0 aromatic carbocycles. The molecule has 36 heavy (non-hydrogen) atoms. The van der Waals surface area contributed by atoms with Crippen LogP contribution in [0.1, 0.15) is 64.1 Å². The second-order valence-electron chi connectivity index (χ2n) is 9.39. The summed E-state index contributed by atoms with van der Waals surface area (Å²) >= 11 is 0. The first kappa shape index (κ1) is 25.7. The van der Waals surface area contributed by atoms with E-state index in [1.54, 1.807) is 6.07 Å². The van der Waals surface area contributed by atoms with E-state index in [9.17, 15) is 9.90 Å². The van der Waals surface area contributed by atoms with E-state index in [0.717, 1.165) is 32.2 Å². The molecule has 2 aromatic rings. The zero-order valence-electron chi connectivity index (χ0n) is 20.9. The molecule has 2 atom stereocenters. The van der Waals surface area contributed by atoms with Crippen molar-refractivity contribution >= 4 is 11.5 Å². The Morgan fingerprint density at radius 1 is 1.17 bits per heavy atom. The van der Waals surface area contributed by atoms with Crippen LogP contribution in [0.25, 0.3) is 0 Å². The normalized spacial score (nSPS) is 21.2. The summed E-state index contributed by atoms with van der Waals surface area (Å²) in [7, 11) is 2.07. The zero-order chi connectivity index (χ0) is 25.5. The number of hydrogen-bond donors (Lipinski definition) is 2. The number of aliphatic hydroxyl groups excluding tert-OH is 1. The third-order valence-corrected chi connectivity index (χ3v) is 6.75. The lowest BCUT2D eigenvalue weighted by Gasteiger charge is -2.23. The van der Waals surface area contributed by atoms with Gasteiger partial charge in [0.05, 0.1) is 24.4 Å². The van der Waals surface area contributed by atoms with Gasteiger partial charge in [-0.2, -0.15) is 9.97 Å². The number of aromatic nitrogens is 4. The van der Waals surface area contributed by atoms with Crippen molar-refractivity contribution in [1.82, 2.24) is 24.8 Å². The summed E-state index contributed by atoms with van der Waals surface area (Å²) in [6, 6.07) is 1.86. The number of nitrogens with zero attached hydrogens (tertiary/aromatic N) is 5. The predicted octanol–water partition coefficient (Wildman–Crippen LogP) is 4.27. The molecule has 2 aromatic heterocycles. The van der Waals surface area contributed by atoms with Gasteiger partial charge in [0.25, 0.3) is 0 Å². The number of ketones is 1. The molecule has 0 radical (unpaired) electrons. The lowest BCUT2D eigenvalue weighted by Crippen LogP contribution is -2.30. The molecule has 10 heteroatoms. The Hall–Kier alpha value is -3.40. The molecule has 1 saturated heterocycles. The zero-order valence-corrected chi connectivity index (χ0v) is 20.9. The van der Waals surface area contributed by atoms with E-state index in [2.05, 4.69) is 31.9 Å². The smallest absolute Gasteiger partial charge is 0.226 e. The number of hydrogen-bond acceptors (Lipinski definition) is 10. The van der Waals surface area contributed by atoms with E-state index in [1.807, 2.05) is 6.92 Å². The van der Waals surface area contributed by atoms with E-state index in [4.69, 9.17) is 14.9 Å². The van der Waals surface area contributed by atoms with Crippen LogP contribution in [0.15, 0.2) is 36.1 Å². The van der Waals surface area contributed by atoms with Crippen LogP contribution in [0, 0.1) is 11.3 Å². The fourth-order valence-electron chi connectivity index (χ4n) is 4.72. The molecule has 2 aliphatic rings. The highest BCUT2D eigenvalue weighted by atomic mass is 16.5. The van der Waals surface area contributed by atoms with Gasteiger partial charge in [-0.25, -0.2) is 9.97 Å². The minimum atomic E-state index is -0.574. The Morgan fingerprint density at radius 3 is 2.64 bits per heavy atom. The molecule has 1 saturated carbocycles. The van der Waals surface area contributed by atoms with Crippen LogP contribution in [-0.4, -0.2) is 67.7 Å². The fourth-order valence-corrected chi connectivity index (χ4v) is 4.72. The molecular weight excluding hydrogens is 460 g/mol. The molecule has 10 nitrogen and oxygen atoms in total. The molecule has 4 rings (SSSR count). The van der Waals surface area contributed by atoms with Crippen molar-refractivity contribution in [2.45, 2.75) is 64.3 Å². The standard InChI is InChI=1S/C26H34N6O4/c1-3-7-20(25(34)19-9-4-5-10-21(19)33)24(27)26-30-22(35-15-17-8-6-11-32(17)2)12-23(31-26)36-18-13-28-16-29-14-18/h12-14,16-17,19,27,34H,3-11,15H2,1-2H3/b25-20-,27-24?/t17-,19-/m0/s1. The number of allylic oxidation sites excluding steroid dienone is 2. The van der Waals surface area contributed by atoms with Crippen LogP contribution in [0.4, 0.5) is 0 Å². The van der Waals surface area contributed by atoms with Crippen molar-refractivity contribution in [3.05, 3.63) is 41.9 Å². The van der Waals surface area contributed by atoms with Gasteiger partial charge in [0.1, 0.15) is 30.2 Å². The van der Waals surface area contributed by atoms with Gasteiger partial charge in [0.15, 0.2) is 11.6 Å². The van der Waals surface area contributed by atoms with E-state index >= 15 is 0 Å². The van der Waals surface area contributed by atoms with Gasteiger partial charge >= 0.3 is 0 Å². The number of ether oxygens (including phenoxy) is 2. The number of likely N-dealkylation sites (tertiary alicyclic amines) is 1. The maximum atomic E-state index is 12.5. The molecule has 1 aliphatic carbocycles. The SMILES string of the molecule is CCC/C(C(=N)c1nc(OC[C@@H]2CCCN2C)cc(Oc2cncnc2)n1)=C(/O)[C@H]1CCCCC1=O. The number of Topliss-reactive ketones (excluding diaryl/α,β-unsaturated/α-hetero) is 1. The van der Waals surface area contributed by atoms with E-state index < -0.39 is 5.92 Å². The Balaban J connectivity index is 1.65. The largest absolute Gasteiger partial charge is 0.511 e. The predicted molar refractivity (Wildman–Crippen MR) is 134 cm³/mol. The van der Waals surface area contributed by atoms with Gasteiger partial charge in [-0.3, -0.25) is 10.2 Å². The summed E-state index contributed by atoms with van der Waals surface area (Å²) in [6.07, 6.45) is 10.5. The van der Waals surface area contributed by atoms with Crippen LogP contribution < -0.4 is 9.47 Å². The summed E-state index contributed by atoms with van der Waals surface area (Å²) in [5.74, 6) is 0.321. The van der Waals surface area contributed by atoms with Gasteiger partial charge in [-0.15, -0.1) is 0 Å². The third kappa shape index (κ3) is 6.23. The summed E-state index contributed by atoms with van der Waals surface area (Å²) < 4.78 is 11.9. The van der Waals surface area contributed by atoms with Crippen molar-refractivity contribution in [1.29, 1.82) is 5.41 Å². The lowest BCUT2D eigenvalue weighted by molar-refractivity contribution is -0.124. The highest BCUT2D eigenvalue weighted by Crippen LogP contribution is 2.31. The minimum Gasteiger partial charge on any atom is -0.511 e. The van der Waals surface area contributed by atoms with Crippen LogP contribution in [0.2, 0.25) is 0 Å². The molecule has 3 heterocycles. The third-order valence-electron chi connectivity index (χ3n) is 6.75. The maximum Gasteiger partial charge on any atom is 0.226 e. The van der Waals surface area contributed by atoms with Crippen molar-refractivity contribution in [3.8, 4) is 17.5 Å². The number of likely N-dealkylation sites (N-methyl/N-ethyl adjacent to an activating group) is 1. The van der Waals surface area contributed by atoms with Gasteiger partial charge < -0.3 is 19.5 Å².